The van der Waals surface area contributed by atoms with Crippen LogP contribution in [0.15, 0.2) is 48.8 Å². The second kappa shape index (κ2) is 9.33. The predicted octanol–water partition coefficient (Wildman–Crippen LogP) is 5.87. The van der Waals surface area contributed by atoms with E-state index in [1.807, 2.05) is 41.8 Å². The number of aromatic nitrogens is 2. The maximum Gasteiger partial charge on any atom is 0.410 e. The molecule has 7 heteroatoms. The van der Waals surface area contributed by atoms with Gasteiger partial charge in [0.15, 0.2) is 11.5 Å². The first-order valence-corrected chi connectivity index (χ1v) is 11.2. The van der Waals surface area contributed by atoms with E-state index >= 15 is 4.39 Å². The largest absolute Gasteiger partial charge is 0.444 e. The van der Waals surface area contributed by atoms with Gasteiger partial charge in [0.25, 0.3) is 0 Å². The van der Waals surface area contributed by atoms with Gasteiger partial charge in [-0.05, 0) is 51.8 Å². The van der Waals surface area contributed by atoms with Crippen LogP contribution in [0.1, 0.15) is 56.6 Å². The summed E-state index contributed by atoms with van der Waals surface area (Å²) in [5.74, 6) is -0.573. The van der Waals surface area contributed by atoms with E-state index in [-0.39, 0.29) is 19.4 Å². The number of nitrogens with zero attached hydrogens (tertiary/aromatic N) is 3. The van der Waals surface area contributed by atoms with Crippen LogP contribution in [-0.2, 0) is 4.74 Å². The van der Waals surface area contributed by atoms with Crippen molar-refractivity contribution in [2.24, 2.45) is 0 Å². The summed E-state index contributed by atoms with van der Waals surface area (Å²) in [5, 5.41) is 0. The lowest BCUT2D eigenvalue weighted by atomic mass is 9.88. The van der Waals surface area contributed by atoms with Gasteiger partial charge in [0, 0.05) is 49.2 Å². The minimum absolute atomic E-state index is 0.0200. The Morgan fingerprint density at radius 3 is 2.39 bits per heavy atom. The number of amides is 1. The molecule has 6 nitrogen and oxygen atoms in total. The van der Waals surface area contributed by atoms with Crippen molar-refractivity contribution in [3.63, 3.8) is 0 Å². The predicted molar refractivity (Wildman–Crippen MR) is 127 cm³/mol. The number of pyridine rings is 1. The molecule has 3 rings (SSSR count). The average Bonchev–Trinajstić information content (AvgIpc) is 3.26. The lowest BCUT2D eigenvalue weighted by Crippen LogP contribution is -2.40. The minimum Gasteiger partial charge on any atom is -0.444 e. The Hall–Kier alpha value is -3.22. The van der Waals surface area contributed by atoms with Crippen LogP contribution in [0.2, 0.25) is 0 Å². The average molecular weight is 454 g/mol. The number of halogens is 1. The number of fused-ring (bicyclic) bond motifs is 1. The fourth-order valence-corrected chi connectivity index (χ4v) is 3.72. The van der Waals surface area contributed by atoms with Crippen molar-refractivity contribution in [2.75, 3.05) is 13.6 Å². The second-order valence-corrected chi connectivity index (χ2v) is 9.37. The summed E-state index contributed by atoms with van der Waals surface area (Å²) in [6, 6.07) is 10.9. The molecule has 0 aliphatic rings. The molecule has 2 heterocycles. The number of imidazole rings is 1. The van der Waals surface area contributed by atoms with Crippen LogP contribution < -0.4 is 0 Å². The molecule has 0 aliphatic carbocycles. The monoisotopic (exact) mass is 453 g/mol. The third kappa shape index (κ3) is 5.41. The smallest absolute Gasteiger partial charge is 0.410 e. The normalized spacial score (nSPS) is 13.5. The zero-order valence-corrected chi connectivity index (χ0v) is 20.2. The SMILES string of the molecule is CCC(F)(CCN(C)C(=O)OC(C)(C)C)C(=O)c1ccc(-c2ccc3nccn3c2C)cc1. The number of ether oxygens (including phenoxy) is 1. The van der Waals surface area contributed by atoms with E-state index in [4.69, 9.17) is 4.74 Å². The van der Waals surface area contributed by atoms with Gasteiger partial charge in [-0.25, -0.2) is 14.2 Å². The molecule has 176 valence electrons. The number of hydrogen-bond acceptors (Lipinski definition) is 4. The summed E-state index contributed by atoms with van der Waals surface area (Å²) in [4.78, 5) is 30.8. The molecule has 1 amide bonds. The van der Waals surface area contributed by atoms with E-state index < -0.39 is 23.1 Å². The number of carbonyl (C=O) groups is 2. The number of aryl methyl sites for hydroxylation is 1. The van der Waals surface area contributed by atoms with Crippen LogP contribution in [0.25, 0.3) is 16.8 Å². The summed E-state index contributed by atoms with van der Waals surface area (Å²) in [5.41, 5.74) is 1.45. The van der Waals surface area contributed by atoms with Gasteiger partial charge >= 0.3 is 6.09 Å². The topological polar surface area (TPSA) is 63.9 Å². The summed E-state index contributed by atoms with van der Waals surface area (Å²) in [6.07, 6.45) is 3.03. The van der Waals surface area contributed by atoms with Crippen LogP contribution in [0.3, 0.4) is 0 Å². The fourth-order valence-electron chi connectivity index (χ4n) is 3.72. The van der Waals surface area contributed by atoms with Gasteiger partial charge in [0.1, 0.15) is 11.2 Å². The molecular weight excluding hydrogens is 421 g/mol. The first-order valence-electron chi connectivity index (χ1n) is 11.2. The van der Waals surface area contributed by atoms with Gasteiger partial charge in [-0.3, -0.25) is 4.79 Å². The van der Waals surface area contributed by atoms with E-state index in [1.165, 1.54) is 4.90 Å². The van der Waals surface area contributed by atoms with Gasteiger partial charge in [-0.2, -0.15) is 0 Å². The number of carbonyl (C=O) groups excluding carboxylic acids is 2. The highest BCUT2D eigenvalue weighted by Gasteiger charge is 2.37. The van der Waals surface area contributed by atoms with Crippen molar-refractivity contribution in [2.45, 2.75) is 58.7 Å². The fraction of sp³-hybridized carbons (Fsp3) is 0.423. The van der Waals surface area contributed by atoms with Gasteiger partial charge in [-0.1, -0.05) is 31.2 Å². The summed E-state index contributed by atoms with van der Waals surface area (Å²) in [7, 11) is 1.54. The van der Waals surface area contributed by atoms with E-state index in [2.05, 4.69) is 4.98 Å². The third-order valence-electron chi connectivity index (χ3n) is 5.79. The molecule has 0 saturated heterocycles. The molecule has 3 aromatic rings. The molecule has 0 saturated carbocycles. The van der Waals surface area contributed by atoms with Crippen LogP contribution in [0, 0.1) is 6.92 Å². The van der Waals surface area contributed by atoms with Crippen LogP contribution in [0.5, 0.6) is 0 Å². The lowest BCUT2D eigenvalue weighted by molar-refractivity contribution is 0.0253. The standard InChI is InChI=1S/C26H32FN3O3/c1-7-26(27,14-16-29(6)24(32)33-25(3,4)5)23(31)20-10-8-19(9-11-20)21-12-13-22-28-15-17-30(22)18(21)2/h8-13,15,17H,7,14,16H2,1-6H3. The molecule has 1 atom stereocenters. The highest BCUT2D eigenvalue weighted by molar-refractivity contribution is 6.02. The molecule has 1 aromatic carbocycles. The summed E-state index contributed by atoms with van der Waals surface area (Å²) >= 11 is 0. The number of ketones is 1. The zero-order valence-electron chi connectivity index (χ0n) is 20.2. The van der Waals surface area contributed by atoms with E-state index in [0.29, 0.717) is 5.56 Å². The first kappa shape index (κ1) is 24.4. The number of alkyl halides is 1. The molecule has 33 heavy (non-hydrogen) atoms. The molecule has 0 N–H and O–H groups in total. The van der Waals surface area contributed by atoms with E-state index in [0.717, 1.165) is 22.5 Å². The van der Waals surface area contributed by atoms with Gasteiger partial charge < -0.3 is 14.0 Å². The van der Waals surface area contributed by atoms with E-state index in [9.17, 15) is 9.59 Å². The minimum atomic E-state index is -2.07. The third-order valence-corrected chi connectivity index (χ3v) is 5.79. The Bertz CT molecular complexity index is 1150. The highest BCUT2D eigenvalue weighted by Crippen LogP contribution is 2.29. The Morgan fingerprint density at radius 1 is 1.12 bits per heavy atom. The van der Waals surface area contributed by atoms with Crippen LogP contribution in [-0.4, -0.2) is 51.0 Å². The van der Waals surface area contributed by atoms with Crippen molar-refractivity contribution in [3.8, 4) is 11.1 Å². The van der Waals surface area contributed by atoms with Crippen molar-refractivity contribution < 1.29 is 18.7 Å². The molecule has 0 radical (unpaired) electrons. The molecule has 0 fully saturated rings. The number of Topliss-reactive ketones (excluding diaryl/α,β-unsaturated/α-hetero) is 1. The Morgan fingerprint density at radius 2 is 1.79 bits per heavy atom. The van der Waals surface area contributed by atoms with Crippen molar-refractivity contribution in [3.05, 3.63) is 60.0 Å². The van der Waals surface area contributed by atoms with Crippen molar-refractivity contribution in [1.82, 2.24) is 14.3 Å². The number of rotatable bonds is 7. The van der Waals surface area contributed by atoms with Gasteiger partial charge in [0.05, 0.1) is 0 Å². The van der Waals surface area contributed by atoms with Gasteiger partial charge in [-0.15, -0.1) is 0 Å². The van der Waals surface area contributed by atoms with Crippen LogP contribution in [0.4, 0.5) is 9.18 Å². The van der Waals surface area contributed by atoms with E-state index in [1.54, 1.807) is 53.1 Å². The first-order chi connectivity index (χ1) is 15.4. The molecule has 0 bridgehead atoms. The molecular formula is C26H32FN3O3. The number of hydrogen-bond donors (Lipinski definition) is 0. The van der Waals surface area contributed by atoms with Crippen LogP contribution >= 0.6 is 0 Å². The van der Waals surface area contributed by atoms with Crippen molar-refractivity contribution >= 4 is 17.5 Å². The zero-order chi connectivity index (χ0) is 24.4. The van der Waals surface area contributed by atoms with Crippen molar-refractivity contribution in [1.29, 1.82) is 0 Å². The molecule has 0 aliphatic heterocycles. The number of benzene rings is 1. The Labute approximate surface area is 194 Å². The lowest BCUT2D eigenvalue weighted by Gasteiger charge is -2.28. The summed E-state index contributed by atoms with van der Waals surface area (Å²) < 4.78 is 23.0. The maximum absolute atomic E-state index is 15.6. The Balaban J connectivity index is 1.74. The molecule has 0 spiro atoms. The summed E-state index contributed by atoms with van der Waals surface area (Å²) in [6.45, 7) is 9.04. The highest BCUT2D eigenvalue weighted by atomic mass is 19.1. The maximum atomic E-state index is 15.6. The quantitative estimate of drug-likeness (QED) is 0.420. The second-order valence-electron chi connectivity index (χ2n) is 9.37. The Kier molecular flexibility index (Phi) is 6.91. The molecule has 1 unspecified atom stereocenters. The molecule has 2 aromatic heterocycles. The van der Waals surface area contributed by atoms with Gasteiger partial charge in [0.2, 0.25) is 0 Å².